The smallest absolute Gasteiger partial charge is 0.224 e. The van der Waals surface area contributed by atoms with Crippen molar-refractivity contribution in [3.63, 3.8) is 0 Å². The lowest BCUT2D eigenvalue weighted by Gasteiger charge is -2.06. The van der Waals surface area contributed by atoms with Gasteiger partial charge in [-0.1, -0.05) is 18.2 Å². The van der Waals surface area contributed by atoms with Crippen LogP contribution in [0, 0.1) is 12.7 Å². The first-order valence-electron chi connectivity index (χ1n) is 7.37. The number of aryl methyl sites for hydroxylation is 3. The topological polar surface area (TPSA) is 59.8 Å². The minimum absolute atomic E-state index is 0.170. The van der Waals surface area contributed by atoms with Crippen molar-refractivity contribution in [3.8, 4) is 0 Å². The number of aromatic nitrogens is 3. The van der Waals surface area contributed by atoms with E-state index >= 15 is 0 Å². The lowest BCUT2D eigenvalue weighted by Crippen LogP contribution is -2.13. The monoisotopic (exact) mass is 312 g/mol. The molecule has 1 aromatic carbocycles. The minimum atomic E-state index is -0.283. The van der Waals surface area contributed by atoms with E-state index in [4.69, 9.17) is 0 Å². The van der Waals surface area contributed by atoms with Crippen molar-refractivity contribution >= 4 is 22.6 Å². The number of halogens is 1. The summed E-state index contributed by atoms with van der Waals surface area (Å²) in [7, 11) is 1.83. The van der Waals surface area contributed by atoms with Crippen molar-refractivity contribution in [3.05, 3.63) is 53.6 Å². The van der Waals surface area contributed by atoms with Gasteiger partial charge >= 0.3 is 0 Å². The largest absolute Gasteiger partial charge is 0.325 e. The van der Waals surface area contributed by atoms with Gasteiger partial charge in [-0.05, 0) is 31.0 Å². The predicted molar refractivity (Wildman–Crippen MR) is 86.6 cm³/mol. The average molecular weight is 312 g/mol. The molecule has 1 amide bonds. The van der Waals surface area contributed by atoms with Crippen LogP contribution in [0.3, 0.4) is 0 Å². The first-order chi connectivity index (χ1) is 11.0. The number of amides is 1. The number of hydrogen-bond acceptors (Lipinski definition) is 3. The molecule has 0 aliphatic heterocycles. The fourth-order valence-corrected chi connectivity index (χ4v) is 2.55. The van der Waals surface area contributed by atoms with Crippen LogP contribution >= 0.6 is 0 Å². The number of carbonyl (C=O) groups is 1. The van der Waals surface area contributed by atoms with E-state index in [0.29, 0.717) is 17.7 Å². The molecule has 3 rings (SSSR count). The maximum atomic E-state index is 13.5. The fourth-order valence-electron chi connectivity index (χ4n) is 2.55. The number of benzene rings is 1. The molecule has 0 radical (unpaired) electrons. The maximum Gasteiger partial charge on any atom is 0.224 e. The lowest BCUT2D eigenvalue weighted by molar-refractivity contribution is -0.116. The van der Waals surface area contributed by atoms with Crippen LogP contribution in [0.2, 0.25) is 0 Å². The van der Waals surface area contributed by atoms with Crippen LogP contribution in [0.15, 0.2) is 36.5 Å². The third kappa shape index (κ3) is 3.21. The average Bonchev–Trinajstić information content (AvgIpc) is 2.81. The van der Waals surface area contributed by atoms with Gasteiger partial charge in [0, 0.05) is 18.9 Å². The molecular formula is C17H17FN4O. The van der Waals surface area contributed by atoms with E-state index in [-0.39, 0.29) is 18.1 Å². The Balaban J connectivity index is 1.68. The number of hydrogen-bond donors (Lipinski definition) is 1. The van der Waals surface area contributed by atoms with Gasteiger partial charge in [0.15, 0.2) is 5.65 Å². The number of nitrogens with zero attached hydrogens (tertiary/aromatic N) is 3. The van der Waals surface area contributed by atoms with Crippen molar-refractivity contribution in [2.75, 3.05) is 5.32 Å². The standard InChI is InChI=1S/C17H17FN4O/c1-11-14-9-13(10-19-17(14)22(2)21-11)20-16(23)8-7-12-5-3-4-6-15(12)18/h3-6,9-10H,7-8H2,1-2H3,(H,20,23). The summed E-state index contributed by atoms with van der Waals surface area (Å²) in [6.07, 6.45) is 2.18. The van der Waals surface area contributed by atoms with Gasteiger partial charge in [0.25, 0.3) is 0 Å². The maximum absolute atomic E-state index is 13.5. The second kappa shape index (κ2) is 6.16. The van der Waals surface area contributed by atoms with E-state index < -0.39 is 0 Å². The molecule has 5 nitrogen and oxygen atoms in total. The third-order valence-corrected chi connectivity index (χ3v) is 3.73. The second-order valence-corrected chi connectivity index (χ2v) is 5.44. The van der Waals surface area contributed by atoms with Gasteiger partial charge in [-0.3, -0.25) is 9.48 Å². The summed E-state index contributed by atoms with van der Waals surface area (Å²) in [5.74, 6) is -0.453. The molecule has 1 N–H and O–H groups in total. The van der Waals surface area contributed by atoms with E-state index in [2.05, 4.69) is 15.4 Å². The number of carbonyl (C=O) groups excluding carboxylic acids is 1. The molecule has 0 aliphatic rings. The Morgan fingerprint density at radius 3 is 2.91 bits per heavy atom. The summed E-state index contributed by atoms with van der Waals surface area (Å²) in [6.45, 7) is 1.90. The van der Waals surface area contributed by atoms with Gasteiger partial charge in [0.2, 0.25) is 5.91 Å². The molecule has 0 atom stereocenters. The Morgan fingerprint density at radius 2 is 2.13 bits per heavy atom. The van der Waals surface area contributed by atoms with Gasteiger partial charge in [-0.2, -0.15) is 5.10 Å². The molecule has 23 heavy (non-hydrogen) atoms. The Bertz CT molecular complexity index is 872. The highest BCUT2D eigenvalue weighted by molar-refractivity contribution is 5.93. The normalized spacial score (nSPS) is 10.9. The highest BCUT2D eigenvalue weighted by Crippen LogP contribution is 2.19. The van der Waals surface area contributed by atoms with Crippen molar-refractivity contribution < 1.29 is 9.18 Å². The van der Waals surface area contributed by atoms with Gasteiger partial charge in [0.05, 0.1) is 17.6 Å². The van der Waals surface area contributed by atoms with E-state index in [0.717, 1.165) is 16.7 Å². The zero-order valence-corrected chi connectivity index (χ0v) is 13.0. The van der Waals surface area contributed by atoms with E-state index in [1.54, 1.807) is 29.1 Å². The van der Waals surface area contributed by atoms with E-state index in [1.807, 2.05) is 20.0 Å². The number of nitrogens with one attached hydrogen (secondary N) is 1. The summed E-state index contributed by atoms with van der Waals surface area (Å²) >= 11 is 0. The van der Waals surface area contributed by atoms with Crippen LogP contribution in [0.5, 0.6) is 0 Å². The highest BCUT2D eigenvalue weighted by atomic mass is 19.1. The number of fused-ring (bicyclic) bond motifs is 1. The fraction of sp³-hybridized carbons (Fsp3) is 0.235. The Hall–Kier alpha value is -2.76. The SMILES string of the molecule is Cc1nn(C)c2ncc(NC(=O)CCc3ccccc3F)cc12. The van der Waals surface area contributed by atoms with Crippen LogP contribution in [-0.2, 0) is 18.3 Å². The number of rotatable bonds is 4. The van der Waals surface area contributed by atoms with Crippen LogP contribution in [0.4, 0.5) is 10.1 Å². The summed E-state index contributed by atoms with van der Waals surface area (Å²) in [4.78, 5) is 16.4. The first-order valence-corrected chi connectivity index (χ1v) is 7.37. The molecule has 3 aromatic rings. The highest BCUT2D eigenvalue weighted by Gasteiger charge is 2.10. The van der Waals surface area contributed by atoms with Crippen LogP contribution in [0.25, 0.3) is 11.0 Å². The Labute approximate surface area is 133 Å². The zero-order chi connectivity index (χ0) is 16.4. The van der Waals surface area contributed by atoms with Gasteiger partial charge < -0.3 is 5.32 Å². The first kappa shape index (κ1) is 15.1. The molecule has 0 saturated heterocycles. The quantitative estimate of drug-likeness (QED) is 0.805. The molecule has 0 bridgehead atoms. The molecule has 0 unspecified atom stereocenters. The molecule has 2 heterocycles. The van der Waals surface area contributed by atoms with Gasteiger partial charge in [-0.25, -0.2) is 9.37 Å². The molecule has 0 spiro atoms. The summed E-state index contributed by atoms with van der Waals surface area (Å²) in [5, 5.41) is 8.00. The summed E-state index contributed by atoms with van der Waals surface area (Å²) < 4.78 is 15.2. The number of pyridine rings is 1. The number of anilines is 1. The Morgan fingerprint density at radius 1 is 1.35 bits per heavy atom. The van der Waals surface area contributed by atoms with Crippen LogP contribution < -0.4 is 5.32 Å². The molecule has 0 aliphatic carbocycles. The third-order valence-electron chi connectivity index (χ3n) is 3.73. The van der Waals surface area contributed by atoms with Crippen molar-refractivity contribution in [1.29, 1.82) is 0 Å². The molecule has 0 fully saturated rings. The molecule has 2 aromatic heterocycles. The van der Waals surface area contributed by atoms with E-state index in [9.17, 15) is 9.18 Å². The van der Waals surface area contributed by atoms with Crippen molar-refractivity contribution in [2.24, 2.45) is 7.05 Å². The van der Waals surface area contributed by atoms with E-state index in [1.165, 1.54) is 6.07 Å². The zero-order valence-electron chi connectivity index (χ0n) is 13.0. The molecular weight excluding hydrogens is 295 g/mol. The van der Waals surface area contributed by atoms with Gasteiger partial charge in [-0.15, -0.1) is 0 Å². The minimum Gasteiger partial charge on any atom is -0.325 e. The second-order valence-electron chi connectivity index (χ2n) is 5.44. The molecule has 0 saturated carbocycles. The predicted octanol–water partition coefficient (Wildman–Crippen LogP) is 2.99. The van der Waals surface area contributed by atoms with Gasteiger partial charge in [0.1, 0.15) is 5.82 Å². The van der Waals surface area contributed by atoms with Crippen molar-refractivity contribution in [2.45, 2.75) is 19.8 Å². The summed E-state index contributed by atoms with van der Waals surface area (Å²) in [6, 6.07) is 8.34. The van der Waals surface area contributed by atoms with Crippen LogP contribution in [0.1, 0.15) is 17.7 Å². The summed E-state index contributed by atoms with van der Waals surface area (Å²) in [5.41, 5.74) is 2.79. The molecule has 6 heteroatoms. The van der Waals surface area contributed by atoms with Crippen LogP contribution in [-0.4, -0.2) is 20.7 Å². The molecule has 118 valence electrons. The Kier molecular flexibility index (Phi) is 4.06. The lowest BCUT2D eigenvalue weighted by atomic mass is 10.1. The van der Waals surface area contributed by atoms with Crippen molar-refractivity contribution in [1.82, 2.24) is 14.8 Å².